The smallest absolute Gasteiger partial charge is 0.253 e. The lowest BCUT2D eigenvalue weighted by Crippen LogP contribution is -2.49. The summed E-state index contributed by atoms with van der Waals surface area (Å²) in [6.07, 6.45) is 0.859. The monoisotopic (exact) mass is 266 g/mol. The maximum Gasteiger partial charge on any atom is 0.253 e. The SMILES string of the molecule is Cl.O=C([C@H]1CNCCO1)N1CCCSCC1. The molecular formula is C10H19ClN2O2S. The van der Waals surface area contributed by atoms with E-state index in [1.807, 2.05) is 16.7 Å². The van der Waals surface area contributed by atoms with Crippen LogP contribution in [0.3, 0.4) is 0 Å². The van der Waals surface area contributed by atoms with Gasteiger partial charge in [0.15, 0.2) is 0 Å². The minimum absolute atomic E-state index is 0. The van der Waals surface area contributed by atoms with Gasteiger partial charge in [0.25, 0.3) is 5.91 Å². The fourth-order valence-corrected chi connectivity index (χ4v) is 2.78. The van der Waals surface area contributed by atoms with Gasteiger partial charge in [-0.25, -0.2) is 0 Å². The fourth-order valence-electron chi connectivity index (χ4n) is 1.89. The summed E-state index contributed by atoms with van der Waals surface area (Å²) >= 11 is 1.93. The Morgan fingerprint density at radius 3 is 3.00 bits per heavy atom. The molecule has 0 radical (unpaired) electrons. The first-order chi connectivity index (χ1) is 7.38. The minimum atomic E-state index is -0.248. The molecule has 1 atom stereocenters. The first-order valence-electron chi connectivity index (χ1n) is 5.57. The summed E-state index contributed by atoms with van der Waals surface area (Å²) in [5.74, 6) is 2.41. The van der Waals surface area contributed by atoms with E-state index >= 15 is 0 Å². The Morgan fingerprint density at radius 2 is 2.25 bits per heavy atom. The molecule has 0 aromatic carbocycles. The van der Waals surface area contributed by atoms with E-state index in [4.69, 9.17) is 4.74 Å². The van der Waals surface area contributed by atoms with Gasteiger partial charge in [-0.2, -0.15) is 11.8 Å². The van der Waals surface area contributed by atoms with E-state index < -0.39 is 0 Å². The second-order valence-corrected chi connectivity index (χ2v) is 5.08. The summed E-state index contributed by atoms with van der Waals surface area (Å²) in [5.41, 5.74) is 0. The summed E-state index contributed by atoms with van der Waals surface area (Å²) in [6, 6.07) is 0. The molecule has 0 saturated carbocycles. The number of hydrogen-bond donors (Lipinski definition) is 1. The number of carbonyl (C=O) groups is 1. The lowest BCUT2D eigenvalue weighted by Gasteiger charge is -2.28. The largest absolute Gasteiger partial charge is 0.366 e. The van der Waals surface area contributed by atoms with Crippen LogP contribution in [0.4, 0.5) is 0 Å². The van der Waals surface area contributed by atoms with E-state index in [0.717, 1.165) is 31.8 Å². The van der Waals surface area contributed by atoms with Crippen LogP contribution in [0, 0.1) is 0 Å². The van der Waals surface area contributed by atoms with E-state index in [1.54, 1.807) is 0 Å². The molecule has 4 nitrogen and oxygen atoms in total. The number of ether oxygens (including phenoxy) is 1. The quantitative estimate of drug-likeness (QED) is 0.744. The molecule has 2 heterocycles. The predicted octanol–water partition coefficient (Wildman–Crippen LogP) is 0.362. The zero-order valence-corrected chi connectivity index (χ0v) is 10.9. The number of morpholine rings is 1. The lowest BCUT2D eigenvalue weighted by molar-refractivity contribution is -0.144. The van der Waals surface area contributed by atoms with E-state index in [0.29, 0.717) is 13.2 Å². The standard InChI is InChI=1S/C10H18N2O2S.ClH/c13-10(9-8-11-2-5-14-9)12-3-1-6-15-7-4-12;/h9,11H,1-8H2;1H/t9-;/m1./s1. The highest BCUT2D eigenvalue weighted by atomic mass is 35.5. The van der Waals surface area contributed by atoms with Gasteiger partial charge >= 0.3 is 0 Å². The molecule has 0 unspecified atom stereocenters. The molecular weight excluding hydrogens is 248 g/mol. The number of nitrogens with one attached hydrogen (secondary N) is 1. The van der Waals surface area contributed by atoms with Gasteiger partial charge in [0.1, 0.15) is 6.10 Å². The van der Waals surface area contributed by atoms with Crippen LogP contribution >= 0.6 is 24.2 Å². The van der Waals surface area contributed by atoms with Gasteiger partial charge in [0.05, 0.1) is 6.61 Å². The average molecular weight is 267 g/mol. The Kier molecular flexibility index (Phi) is 6.49. The molecule has 0 aromatic rings. The highest BCUT2D eigenvalue weighted by molar-refractivity contribution is 7.99. The van der Waals surface area contributed by atoms with Gasteiger partial charge in [-0.15, -0.1) is 12.4 Å². The zero-order chi connectivity index (χ0) is 10.5. The molecule has 2 aliphatic heterocycles. The number of carbonyl (C=O) groups excluding carboxylic acids is 1. The Labute approximate surface area is 107 Å². The van der Waals surface area contributed by atoms with Crippen molar-refractivity contribution < 1.29 is 9.53 Å². The van der Waals surface area contributed by atoms with Crippen molar-refractivity contribution in [3.05, 3.63) is 0 Å². The summed E-state index contributed by atoms with van der Waals surface area (Å²) < 4.78 is 5.47. The maximum atomic E-state index is 12.1. The molecule has 0 spiro atoms. The molecule has 6 heteroatoms. The molecule has 0 bridgehead atoms. The molecule has 94 valence electrons. The summed E-state index contributed by atoms with van der Waals surface area (Å²) in [6.45, 7) is 3.95. The molecule has 2 rings (SSSR count). The lowest BCUT2D eigenvalue weighted by atomic mass is 10.2. The molecule has 2 fully saturated rings. The first-order valence-corrected chi connectivity index (χ1v) is 6.72. The number of halogens is 1. The second kappa shape index (κ2) is 7.37. The van der Waals surface area contributed by atoms with Crippen LogP contribution in [-0.4, -0.2) is 61.2 Å². The maximum absolute atomic E-state index is 12.1. The van der Waals surface area contributed by atoms with Crippen LogP contribution in [0.25, 0.3) is 0 Å². The third-order valence-electron chi connectivity index (χ3n) is 2.74. The molecule has 1 N–H and O–H groups in total. The molecule has 0 aliphatic carbocycles. The number of nitrogens with zero attached hydrogens (tertiary/aromatic N) is 1. The number of amides is 1. The van der Waals surface area contributed by atoms with Crippen molar-refractivity contribution >= 4 is 30.1 Å². The highest BCUT2D eigenvalue weighted by Gasteiger charge is 2.26. The number of thioether (sulfide) groups is 1. The third kappa shape index (κ3) is 3.80. The van der Waals surface area contributed by atoms with E-state index in [9.17, 15) is 4.79 Å². The van der Waals surface area contributed by atoms with Gasteiger partial charge in [0, 0.05) is 31.9 Å². The van der Waals surface area contributed by atoms with Crippen LogP contribution in [0.1, 0.15) is 6.42 Å². The Morgan fingerprint density at radius 1 is 1.38 bits per heavy atom. The average Bonchev–Trinajstić information content (AvgIpc) is 2.58. The van der Waals surface area contributed by atoms with Gasteiger partial charge in [-0.3, -0.25) is 4.79 Å². The van der Waals surface area contributed by atoms with E-state index in [2.05, 4.69) is 5.32 Å². The van der Waals surface area contributed by atoms with Crippen LogP contribution < -0.4 is 5.32 Å². The Balaban J connectivity index is 0.00000128. The van der Waals surface area contributed by atoms with Gasteiger partial charge in [0.2, 0.25) is 0 Å². The van der Waals surface area contributed by atoms with Crippen molar-refractivity contribution in [3.8, 4) is 0 Å². The number of hydrogen-bond acceptors (Lipinski definition) is 4. The fraction of sp³-hybridized carbons (Fsp3) is 0.900. The normalized spacial score (nSPS) is 26.8. The van der Waals surface area contributed by atoms with Crippen molar-refractivity contribution in [1.29, 1.82) is 0 Å². The summed E-state index contributed by atoms with van der Waals surface area (Å²) in [4.78, 5) is 14.0. The number of rotatable bonds is 1. The zero-order valence-electron chi connectivity index (χ0n) is 9.31. The van der Waals surface area contributed by atoms with Gasteiger partial charge < -0.3 is 15.0 Å². The first kappa shape index (κ1) is 14.1. The molecule has 1 amide bonds. The molecule has 2 saturated heterocycles. The van der Waals surface area contributed by atoms with Crippen molar-refractivity contribution in [2.24, 2.45) is 0 Å². The third-order valence-corrected chi connectivity index (χ3v) is 3.79. The van der Waals surface area contributed by atoms with Crippen molar-refractivity contribution in [1.82, 2.24) is 10.2 Å². The van der Waals surface area contributed by atoms with Crippen molar-refractivity contribution in [2.75, 3.05) is 44.3 Å². The van der Waals surface area contributed by atoms with Crippen LogP contribution in [0.2, 0.25) is 0 Å². The van der Waals surface area contributed by atoms with Crippen LogP contribution in [0.5, 0.6) is 0 Å². The van der Waals surface area contributed by atoms with Crippen molar-refractivity contribution in [3.63, 3.8) is 0 Å². The van der Waals surface area contributed by atoms with Crippen LogP contribution in [-0.2, 0) is 9.53 Å². The topological polar surface area (TPSA) is 41.6 Å². The Hall–Kier alpha value is 0.0300. The Bertz CT molecular complexity index is 217. The predicted molar refractivity (Wildman–Crippen MR) is 68.4 cm³/mol. The minimum Gasteiger partial charge on any atom is -0.366 e. The summed E-state index contributed by atoms with van der Waals surface area (Å²) in [5, 5.41) is 3.19. The van der Waals surface area contributed by atoms with E-state index in [1.165, 1.54) is 5.75 Å². The molecule has 0 aromatic heterocycles. The van der Waals surface area contributed by atoms with Crippen molar-refractivity contribution in [2.45, 2.75) is 12.5 Å². The van der Waals surface area contributed by atoms with Gasteiger partial charge in [-0.05, 0) is 12.2 Å². The van der Waals surface area contributed by atoms with Crippen LogP contribution in [0.15, 0.2) is 0 Å². The summed E-state index contributed by atoms with van der Waals surface area (Å²) in [7, 11) is 0. The van der Waals surface area contributed by atoms with E-state index in [-0.39, 0.29) is 24.4 Å². The second-order valence-electron chi connectivity index (χ2n) is 3.85. The molecule has 16 heavy (non-hydrogen) atoms. The van der Waals surface area contributed by atoms with Gasteiger partial charge in [-0.1, -0.05) is 0 Å². The molecule has 2 aliphatic rings. The highest BCUT2D eigenvalue weighted by Crippen LogP contribution is 2.12.